The highest BCUT2D eigenvalue weighted by atomic mass is 28.3. The minimum absolute atomic E-state index is 1.39. The minimum atomic E-state index is -1.99. The van der Waals surface area contributed by atoms with Crippen molar-refractivity contribution in [2.24, 2.45) is 0 Å². The minimum Gasteiger partial charge on any atom is -0.0947 e. The highest BCUT2D eigenvalue weighted by Crippen LogP contribution is 2.37. The molecule has 0 bridgehead atoms. The van der Waals surface area contributed by atoms with Crippen molar-refractivity contribution in [1.29, 1.82) is 0 Å². The quantitative estimate of drug-likeness (QED) is 0.225. The van der Waals surface area contributed by atoms with Gasteiger partial charge in [-0.3, -0.25) is 0 Å². The Hall–Kier alpha value is -2.25. The fraction of sp³-hybridized carbons (Fsp3) is 0.294. The normalized spacial score (nSPS) is 14.5. The van der Waals surface area contributed by atoms with Gasteiger partial charge in [-0.05, 0) is 16.7 Å². The van der Waals surface area contributed by atoms with E-state index in [1.807, 2.05) is 0 Å². The summed E-state index contributed by atoms with van der Waals surface area (Å²) in [4.78, 5) is 0. The van der Waals surface area contributed by atoms with Crippen LogP contribution in [-0.4, -0.2) is 32.3 Å². The Balaban J connectivity index is 2.29. The van der Waals surface area contributed by atoms with E-state index in [1.165, 1.54) is 16.7 Å². The highest BCUT2D eigenvalue weighted by Gasteiger charge is 2.34. The Morgan fingerprint density at radius 2 is 0.684 bits per heavy atom. The molecule has 0 atom stereocenters. The summed E-state index contributed by atoms with van der Waals surface area (Å²) in [5.41, 5.74) is 12.4. The maximum absolute atomic E-state index is 2.76. The predicted molar refractivity (Wildman–Crippen MR) is 185 cm³/mol. The average Bonchev–Trinajstić information content (AvgIpc) is 2.85. The topological polar surface area (TPSA) is 0 Å². The average molecular weight is 569 g/mol. The molecule has 38 heavy (non-hydrogen) atoms. The number of benzene rings is 3. The Morgan fingerprint density at radius 3 is 1.00 bits per heavy atom. The fourth-order valence-corrected chi connectivity index (χ4v) is 19.3. The zero-order chi connectivity index (χ0) is 28.2. The molecule has 0 fully saturated rings. The van der Waals surface area contributed by atoms with E-state index in [4.69, 9.17) is 0 Å². The Kier molecular flexibility index (Phi) is 9.46. The lowest BCUT2D eigenvalue weighted by Crippen LogP contribution is -2.35. The lowest BCUT2D eigenvalue weighted by Gasteiger charge is -2.33. The third-order valence-corrected chi connectivity index (χ3v) is 16.8. The molecule has 0 N–H and O–H groups in total. The first-order chi connectivity index (χ1) is 17.6. The monoisotopic (exact) mass is 568 g/mol. The smallest absolute Gasteiger partial charge is 0.0947 e. The van der Waals surface area contributed by atoms with Gasteiger partial charge in [-0.15, -0.1) is 0 Å². The van der Waals surface area contributed by atoms with E-state index in [2.05, 4.69) is 174 Å². The standard InChI is InChI=1S/C34H48Si4/c1-35(2,3)26-33(30-22-16-12-17-23-30)38(9,10)28-34(31-24-18-13-19-25-31)37(7,8)27-32(36(4,5)6)29-20-14-11-15-21-29/h11-28H,1-10H3/b32-27+,33-26+,34-28+. The zero-order valence-electron chi connectivity index (χ0n) is 25.4. The van der Waals surface area contributed by atoms with Crippen LogP contribution in [-0.2, 0) is 0 Å². The molecule has 0 aliphatic heterocycles. The molecule has 0 radical (unpaired) electrons. The van der Waals surface area contributed by atoms with Gasteiger partial charge in [-0.1, -0.05) is 189 Å². The first kappa shape index (κ1) is 30.3. The highest BCUT2D eigenvalue weighted by molar-refractivity contribution is 7.07. The third kappa shape index (κ3) is 8.12. The van der Waals surface area contributed by atoms with Crippen molar-refractivity contribution >= 4 is 47.9 Å². The first-order valence-corrected chi connectivity index (χ1v) is 27.2. The molecule has 0 spiro atoms. The van der Waals surface area contributed by atoms with Crippen LogP contribution in [0, 0.1) is 0 Å². The van der Waals surface area contributed by atoms with Crippen LogP contribution in [0.1, 0.15) is 16.7 Å². The Morgan fingerprint density at radius 1 is 0.395 bits per heavy atom. The van der Waals surface area contributed by atoms with Crippen molar-refractivity contribution in [3.8, 4) is 0 Å². The van der Waals surface area contributed by atoms with Crippen molar-refractivity contribution in [3.05, 3.63) is 125 Å². The molecule has 3 rings (SSSR count). The zero-order valence-corrected chi connectivity index (χ0v) is 29.4. The Labute approximate surface area is 237 Å². The van der Waals surface area contributed by atoms with Crippen molar-refractivity contribution in [2.45, 2.75) is 65.5 Å². The van der Waals surface area contributed by atoms with Gasteiger partial charge in [0.2, 0.25) is 0 Å². The van der Waals surface area contributed by atoms with E-state index >= 15 is 0 Å². The fourth-order valence-electron chi connectivity index (χ4n) is 5.18. The van der Waals surface area contributed by atoms with Gasteiger partial charge in [0.25, 0.3) is 0 Å². The van der Waals surface area contributed by atoms with Gasteiger partial charge in [0.15, 0.2) is 0 Å². The van der Waals surface area contributed by atoms with Gasteiger partial charge in [-0.2, -0.15) is 0 Å². The van der Waals surface area contributed by atoms with Crippen molar-refractivity contribution < 1.29 is 0 Å². The van der Waals surface area contributed by atoms with Crippen LogP contribution in [0.2, 0.25) is 65.5 Å². The van der Waals surface area contributed by atoms with E-state index < -0.39 is 32.3 Å². The van der Waals surface area contributed by atoms with Crippen molar-refractivity contribution in [3.63, 3.8) is 0 Å². The molecule has 3 aromatic rings. The summed E-state index contributed by atoms with van der Waals surface area (Å²) >= 11 is 0. The van der Waals surface area contributed by atoms with Gasteiger partial charge in [-0.25, -0.2) is 0 Å². The lowest BCUT2D eigenvalue weighted by molar-refractivity contribution is 1.60. The molecular formula is C34H48Si4. The van der Waals surface area contributed by atoms with Crippen molar-refractivity contribution in [1.82, 2.24) is 0 Å². The molecule has 0 saturated heterocycles. The SMILES string of the molecule is C[Si](C)(C)/C=C(\c1ccccc1)[Si](C)(C)/C=C(\c1ccccc1)[Si](C)(C)/C=C(\c1ccccc1)[Si](C)(C)C. The molecule has 0 amide bonds. The van der Waals surface area contributed by atoms with Crippen LogP contribution in [0.5, 0.6) is 0 Å². The Bertz CT molecular complexity index is 1290. The molecule has 0 aromatic heterocycles. The molecule has 0 saturated carbocycles. The summed E-state index contributed by atoms with van der Waals surface area (Å²) in [5, 5.41) is 4.77. The van der Waals surface area contributed by atoms with Crippen LogP contribution in [0.3, 0.4) is 0 Å². The first-order valence-electron chi connectivity index (χ1n) is 14.0. The maximum Gasteiger partial charge on any atom is 0.103 e. The lowest BCUT2D eigenvalue weighted by atomic mass is 10.2. The molecule has 200 valence electrons. The molecule has 0 aliphatic rings. The molecule has 0 aliphatic carbocycles. The van der Waals surface area contributed by atoms with Gasteiger partial charge in [0, 0.05) is 0 Å². The largest absolute Gasteiger partial charge is 0.103 e. The summed E-state index contributed by atoms with van der Waals surface area (Å²) < 4.78 is 0. The molecular weight excluding hydrogens is 521 g/mol. The van der Waals surface area contributed by atoms with Crippen LogP contribution >= 0.6 is 0 Å². The van der Waals surface area contributed by atoms with Crippen molar-refractivity contribution in [2.75, 3.05) is 0 Å². The van der Waals surface area contributed by atoms with Crippen LogP contribution in [0.25, 0.3) is 15.6 Å². The molecule has 4 heteroatoms. The van der Waals surface area contributed by atoms with Gasteiger partial charge < -0.3 is 0 Å². The van der Waals surface area contributed by atoms with Gasteiger partial charge in [0.1, 0.15) is 16.1 Å². The second-order valence-corrected chi connectivity index (χ2v) is 32.4. The molecule has 0 nitrogen and oxygen atoms in total. The van der Waals surface area contributed by atoms with E-state index in [0.29, 0.717) is 0 Å². The summed E-state index contributed by atoms with van der Waals surface area (Å²) in [6.07, 6.45) is 0. The van der Waals surface area contributed by atoms with E-state index in [9.17, 15) is 0 Å². The molecule has 3 aromatic carbocycles. The predicted octanol–water partition coefficient (Wildman–Crippen LogP) is 10.6. The van der Waals surface area contributed by atoms with Crippen LogP contribution < -0.4 is 0 Å². The van der Waals surface area contributed by atoms with E-state index in [0.717, 1.165) is 0 Å². The summed E-state index contributed by atoms with van der Waals surface area (Å²) in [6.45, 7) is 25.1. The van der Waals surface area contributed by atoms with Gasteiger partial charge in [0.05, 0.1) is 16.1 Å². The number of rotatable bonds is 9. The number of hydrogen-bond donors (Lipinski definition) is 0. The number of hydrogen-bond acceptors (Lipinski definition) is 0. The van der Waals surface area contributed by atoms with E-state index in [-0.39, 0.29) is 0 Å². The maximum atomic E-state index is 2.76. The summed E-state index contributed by atoms with van der Waals surface area (Å²) in [7, 11) is -6.97. The summed E-state index contributed by atoms with van der Waals surface area (Å²) in [5.74, 6) is 0. The summed E-state index contributed by atoms with van der Waals surface area (Å²) in [6, 6.07) is 33.5. The van der Waals surface area contributed by atoms with Crippen LogP contribution in [0.4, 0.5) is 0 Å². The second-order valence-electron chi connectivity index (χ2n) is 13.8. The van der Waals surface area contributed by atoms with E-state index in [1.54, 1.807) is 15.6 Å². The van der Waals surface area contributed by atoms with Gasteiger partial charge >= 0.3 is 0 Å². The molecule has 0 heterocycles. The molecule has 0 unspecified atom stereocenters. The van der Waals surface area contributed by atoms with Crippen LogP contribution in [0.15, 0.2) is 108 Å². The second kappa shape index (κ2) is 11.9. The third-order valence-electron chi connectivity index (χ3n) is 7.04.